The van der Waals surface area contributed by atoms with Crippen molar-refractivity contribution in [2.75, 3.05) is 25.2 Å². The van der Waals surface area contributed by atoms with Gasteiger partial charge in [-0.2, -0.15) is 0 Å². The van der Waals surface area contributed by atoms with Crippen molar-refractivity contribution in [1.29, 1.82) is 0 Å². The van der Waals surface area contributed by atoms with Crippen LogP contribution in [-0.2, 0) is 16.3 Å². The Kier molecular flexibility index (Phi) is 4.33. The van der Waals surface area contributed by atoms with Crippen molar-refractivity contribution in [1.82, 2.24) is 0 Å². The van der Waals surface area contributed by atoms with E-state index in [0.717, 1.165) is 11.3 Å². The lowest BCUT2D eigenvalue weighted by molar-refractivity contribution is -0.0516. The first-order valence-corrected chi connectivity index (χ1v) is 8.82. The number of hydrogen-bond acceptors (Lipinski definition) is 5. The van der Waals surface area contributed by atoms with E-state index >= 15 is 0 Å². The van der Waals surface area contributed by atoms with Gasteiger partial charge in [-0.1, -0.05) is 12.1 Å². The van der Waals surface area contributed by atoms with Gasteiger partial charge >= 0.3 is 0 Å². The van der Waals surface area contributed by atoms with E-state index in [1.54, 1.807) is 14.0 Å². The summed E-state index contributed by atoms with van der Waals surface area (Å²) < 4.78 is 28.7. The van der Waals surface area contributed by atoms with Crippen LogP contribution in [0.25, 0.3) is 0 Å². The first kappa shape index (κ1) is 16.3. The van der Waals surface area contributed by atoms with Gasteiger partial charge in [0.1, 0.15) is 5.75 Å². The number of aliphatic hydroxyl groups is 1. The van der Waals surface area contributed by atoms with Crippen LogP contribution in [0.1, 0.15) is 18.9 Å². The standard InChI is InChI=1S/C15H23NO4S/c1-14(17,9-12-3-5-13(20-2)6-4-12)15(10-16)7-8-21(18,19)11-15/h3-6,17H,7-11,16H2,1-2H3. The van der Waals surface area contributed by atoms with Gasteiger partial charge in [0.05, 0.1) is 24.2 Å². The van der Waals surface area contributed by atoms with Gasteiger partial charge in [0.15, 0.2) is 9.84 Å². The molecule has 1 aromatic rings. The van der Waals surface area contributed by atoms with Crippen molar-refractivity contribution in [2.45, 2.75) is 25.4 Å². The topological polar surface area (TPSA) is 89.6 Å². The van der Waals surface area contributed by atoms with Crippen LogP contribution in [0, 0.1) is 5.41 Å². The van der Waals surface area contributed by atoms with Crippen LogP contribution in [0.4, 0.5) is 0 Å². The van der Waals surface area contributed by atoms with Crippen LogP contribution in [0.2, 0.25) is 0 Å². The van der Waals surface area contributed by atoms with Crippen LogP contribution in [0.3, 0.4) is 0 Å². The number of benzene rings is 1. The predicted molar refractivity (Wildman–Crippen MR) is 82.1 cm³/mol. The molecule has 0 spiro atoms. The van der Waals surface area contributed by atoms with Gasteiger partial charge in [0, 0.05) is 18.4 Å². The largest absolute Gasteiger partial charge is 0.497 e. The molecule has 1 saturated heterocycles. The van der Waals surface area contributed by atoms with E-state index in [9.17, 15) is 13.5 Å². The van der Waals surface area contributed by atoms with Crippen LogP contribution < -0.4 is 10.5 Å². The number of methoxy groups -OCH3 is 1. The number of rotatable bonds is 5. The van der Waals surface area contributed by atoms with Crippen LogP contribution in [-0.4, -0.2) is 44.3 Å². The summed E-state index contributed by atoms with van der Waals surface area (Å²) in [5, 5.41) is 10.9. The Balaban J connectivity index is 2.23. The Morgan fingerprint density at radius 3 is 2.43 bits per heavy atom. The Labute approximate surface area is 126 Å². The molecule has 5 nitrogen and oxygen atoms in total. The van der Waals surface area contributed by atoms with Gasteiger partial charge in [0.25, 0.3) is 0 Å². The Morgan fingerprint density at radius 2 is 2.00 bits per heavy atom. The SMILES string of the molecule is COc1ccc(CC(C)(O)C2(CN)CCS(=O)(=O)C2)cc1. The molecule has 2 atom stereocenters. The van der Waals surface area contributed by atoms with E-state index < -0.39 is 20.9 Å². The smallest absolute Gasteiger partial charge is 0.151 e. The molecule has 1 aliphatic heterocycles. The normalized spacial score (nSPS) is 27.2. The second kappa shape index (κ2) is 5.59. The average Bonchev–Trinajstić information content (AvgIpc) is 2.76. The fourth-order valence-corrected chi connectivity index (χ4v) is 5.31. The van der Waals surface area contributed by atoms with Gasteiger partial charge in [-0.3, -0.25) is 0 Å². The van der Waals surface area contributed by atoms with Gasteiger partial charge in [-0.25, -0.2) is 8.42 Å². The highest BCUT2D eigenvalue weighted by Crippen LogP contribution is 2.42. The molecule has 6 heteroatoms. The highest BCUT2D eigenvalue weighted by atomic mass is 32.2. The summed E-state index contributed by atoms with van der Waals surface area (Å²) in [5.74, 6) is 0.804. The molecule has 1 fully saturated rings. The molecule has 1 aliphatic rings. The first-order chi connectivity index (χ1) is 9.74. The molecule has 3 N–H and O–H groups in total. The first-order valence-electron chi connectivity index (χ1n) is 6.99. The molecular weight excluding hydrogens is 290 g/mol. The minimum Gasteiger partial charge on any atom is -0.497 e. The molecule has 0 bridgehead atoms. The lowest BCUT2D eigenvalue weighted by Crippen LogP contribution is -2.53. The highest BCUT2D eigenvalue weighted by molar-refractivity contribution is 7.91. The summed E-state index contributed by atoms with van der Waals surface area (Å²) in [7, 11) is -1.52. The van der Waals surface area contributed by atoms with Crippen molar-refractivity contribution in [3.8, 4) is 5.75 Å². The quantitative estimate of drug-likeness (QED) is 0.837. The number of hydrogen-bond donors (Lipinski definition) is 2. The molecule has 0 aliphatic carbocycles. The van der Waals surface area contributed by atoms with Crippen molar-refractivity contribution >= 4 is 9.84 Å². The van der Waals surface area contributed by atoms with Gasteiger partial charge < -0.3 is 15.6 Å². The summed E-state index contributed by atoms with van der Waals surface area (Å²) in [6.07, 6.45) is 0.776. The van der Waals surface area contributed by atoms with E-state index in [1.807, 2.05) is 24.3 Å². The third-order valence-corrected chi connectivity index (χ3v) is 6.45. The number of ether oxygens (including phenoxy) is 1. The summed E-state index contributed by atoms with van der Waals surface area (Å²) in [5.41, 5.74) is 4.82. The molecule has 0 amide bonds. The maximum absolute atomic E-state index is 11.8. The van der Waals surface area contributed by atoms with Crippen LogP contribution in [0.5, 0.6) is 5.75 Å². The average molecular weight is 313 g/mol. The van der Waals surface area contributed by atoms with E-state index in [2.05, 4.69) is 0 Å². The predicted octanol–water partition coefficient (Wildman–Crippen LogP) is 0.752. The van der Waals surface area contributed by atoms with E-state index in [4.69, 9.17) is 10.5 Å². The lowest BCUT2D eigenvalue weighted by Gasteiger charge is -2.41. The molecule has 0 saturated carbocycles. The summed E-state index contributed by atoms with van der Waals surface area (Å²) in [6.45, 7) is 1.85. The van der Waals surface area contributed by atoms with Gasteiger partial charge in [0.2, 0.25) is 0 Å². The molecule has 1 aromatic carbocycles. The highest BCUT2D eigenvalue weighted by Gasteiger charge is 2.52. The van der Waals surface area contributed by atoms with E-state index in [-0.39, 0.29) is 18.1 Å². The minimum atomic E-state index is -3.11. The summed E-state index contributed by atoms with van der Waals surface area (Å²) in [4.78, 5) is 0. The molecule has 0 radical (unpaired) electrons. The molecule has 118 valence electrons. The molecule has 0 aromatic heterocycles. The van der Waals surface area contributed by atoms with E-state index in [0.29, 0.717) is 12.8 Å². The molecule has 2 rings (SSSR count). The lowest BCUT2D eigenvalue weighted by atomic mass is 9.69. The van der Waals surface area contributed by atoms with Crippen molar-refractivity contribution in [2.24, 2.45) is 11.1 Å². The zero-order valence-electron chi connectivity index (χ0n) is 12.5. The Hall–Kier alpha value is -1.11. The number of sulfone groups is 1. The molecule has 2 unspecified atom stereocenters. The molecular formula is C15H23NO4S. The third-order valence-electron chi connectivity index (χ3n) is 4.63. The van der Waals surface area contributed by atoms with Crippen LogP contribution >= 0.6 is 0 Å². The maximum Gasteiger partial charge on any atom is 0.151 e. The number of nitrogens with two attached hydrogens (primary N) is 1. The zero-order chi connectivity index (χ0) is 15.7. The van der Waals surface area contributed by atoms with Gasteiger partial charge in [-0.15, -0.1) is 0 Å². The second-order valence-electron chi connectivity index (χ2n) is 6.13. The fraction of sp³-hybridized carbons (Fsp3) is 0.600. The molecule has 21 heavy (non-hydrogen) atoms. The monoisotopic (exact) mass is 313 g/mol. The van der Waals surface area contributed by atoms with Gasteiger partial charge in [-0.05, 0) is 31.0 Å². The zero-order valence-corrected chi connectivity index (χ0v) is 13.3. The Bertz CT molecular complexity index is 595. The Morgan fingerprint density at radius 1 is 1.38 bits per heavy atom. The fourth-order valence-electron chi connectivity index (χ4n) is 3.05. The third kappa shape index (κ3) is 3.22. The second-order valence-corrected chi connectivity index (χ2v) is 8.31. The van der Waals surface area contributed by atoms with Crippen LogP contribution in [0.15, 0.2) is 24.3 Å². The van der Waals surface area contributed by atoms with E-state index in [1.165, 1.54) is 0 Å². The summed E-state index contributed by atoms with van der Waals surface area (Å²) in [6, 6.07) is 7.40. The summed E-state index contributed by atoms with van der Waals surface area (Å²) >= 11 is 0. The minimum absolute atomic E-state index is 0.0420. The van der Waals surface area contributed by atoms with Crippen molar-refractivity contribution < 1.29 is 18.3 Å². The van der Waals surface area contributed by atoms with Crippen molar-refractivity contribution in [3.63, 3.8) is 0 Å². The maximum atomic E-state index is 11.8. The van der Waals surface area contributed by atoms with Crippen molar-refractivity contribution in [3.05, 3.63) is 29.8 Å². The molecule has 1 heterocycles.